The van der Waals surface area contributed by atoms with Gasteiger partial charge in [-0.25, -0.2) is 0 Å². The molecule has 1 amide bonds. The summed E-state index contributed by atoms with van der Waals surface area (Å²) in [5.41, 5.74) is 0.712. The van der Waals surface area contributed by atoms with Crippen molar-refractivity contribution in [3.8, 4) is 0 Å². The molecule has 2 aliphatic rings. The highest BCUT2D eigenvalue weighted by atomic mass is 79.9. The van der Waals surface area contributed by atoms with Crippen LogP contribution in [0.25, 0.3) is 0 Å². The van der Waals surface area contributed by atoms with Gasteiger partial charge >= 0.3 is 0 Å². The number of carbonyl (C=O) groups is 1. The average molecular weight is 372 g/mol. The van der Waals surface area contributed by atoms with E-state index in [1.165, 1.54) is 19.3 Å². The molecule has 0 aromatic heterocycles. The lowest BCUT2D eigenvalue weighted by Gasteiger charge is -2.39. The summed E-state index contributed by atoms with van der Waals surface area (Å²) in [5.74, 6) is 0.122. The van der Waals surface area contributed by atoms with Crippen molar-refractivity contribution in [1.82, 2.24) is 10.2 Å². The summed E-state index contributed by atoms with van der Waals surface area (Å²) in [6, 6.07) is 6.19. The molecule has 0 aliphatic carbocycles. The van der Waals surface area contributed by atoms with Crippen molar-refractivity contribution in [2.45, 2.75) is 44.2 Å². The number of hydrogen-bond acceptors (Lipinski definition) is 2. The Kier molecular flexibility index (Phi) is 4.87. The van der Waals surface area contributed by atoms with Gasteiger partial charge in [0.15, 0.2) is 0 Å². The van der Waals surface area contributed by atoms with Gasteiger partial charge in [0.25, 0.3) is 5.91 Å². The van der Waals surface area contributed by atoms with E-state index < -0.39 is 0 Å². The van der Waals surface area contributed by atoms with E-state index in [4.69, 9.17) is 11.6 Å². The molecule has 2 fully saturated rings. The molecular formula is C16H20BrClN2O. The van der Waals surface area contributed by atoms with Crippen molar-refractivity contribution < 1.29 is 4.79 Å². The predicted octanol–water partition coefficient (Wildman–Crippen LogP) is 3.85. The summed E-state index contributed by atoms with van der Waals surface area (Å²) >= 11 is 9.45. The first kappa shape index (κ1) is 15.3. The normalized spacial score (nSPS) is 26.1. The van der Waals surface area contributed by atoms with Crippen molar-refractivity contribution in [3.05, 3.63) is 33.3 Å². The van der Waals surface area contributed by atoms with E-state index in [0.717, 1.165) is 30.4 Å². The lowest BCUT2D eigenvalue weighted by atomic mass is 9.93. The third-order valence-electron chi connectivity index (χ3n) is 4.53. The van der Waals surface area contributed by atoms with Gasteiger partial charge in [0.05, 0.1) is 5.56 Å². The maximum absolute atomic E-state index is 12.9. The van der Waals surface area contributed by atoms with Crippen LogP contribution in [0.2, 0.25) is 5.02 Å². The van der Waals surface area contributed by atoms with E-state index in [1.54, 1.807) is 12.1 Å². The predicted molar refractivity (Wildman–Crippen MR) is 88.9 cm³/mol. The van der Waals surface area contributed by atoms with Crippen LogP contribution < -0.4 is 5.32 Å². The second-order valence-electron chi connectivity index (χ2n) is 5.89. The number of piperidine rings is 1. The van der Waals surface area contributed by atoms with Crippen molar-refractivity contribution in [3.63, 3.8) is 0 Å². The van der Waals surface area contributed by atoms with Crippen LogP contribution in [0.3, 0.4) is 0 Å². The van der Waals surface area contributed by atoms with Gasteiger partial charge in [0, 0.05) is 28.1 Å². The van der Waals surface area contributed by atoms with E-state index in [9.17, 15) is 4.79 Å². The zero-order valence-electron chi connectivity index (χ0n) is 11.9. The summed E-state index contributed by atoms with van der Waals surface area (Å²) in [4.78, 5) is 15.0. The van der Waals surface area contributed by atoms with Crippen LogP contribution in [-0.4, -0.2) is 36.0 Å². The maximum atomic E-state index is 12.9. The first-order valence-electron chi connectivity index (χ1n) is 7.66. The quantitative estimate of drug-likeness (QED) is 0.856. The number of likely N-dealkylation sites (tertiary alicyclic amines) is 1. The standard InChI is InChI=1S/C16H20BrClN2O/c17-13-10-11(18)6-7-12(13)16(21)20-9-2-1-5-15(20)14-4-3-8-19-14/h6-7,10,14-15,19H,1-5,8-9H2. The van der Waals surface area contributed by atoms with Crippen LogP contribution in [-0.2, 0) is 0 Å². The first-order valence-corrected chi connectivity index (χ1v) is 8.83. The average Bonchev–Trinajstić information content (AvgIpc) is 3.01. The Morgan fingerprint density at radius 1 is 1.29 bits per heavy atom. The highest BCUT2D eigenvalue weighted by Gasteiger charge is 2.34. The number of hydrogen-bond donors (Lipinski definition) is 1. The Bertz CT molecular complexity index is 531. The molecular weight excluding hydrogens is 352 g/mol. The fourth-order valence-electron chi connectivity index (χ4n) is 3.49. The minimum atomic E-state index is 0.122. The van der Waals surface area contributed by atoms with Gasteiger partial charge in [-0.1, -0.05) is 11.6 Å². The molecule has 0 saturated carbocycles. The highest BCUT2D eigenvalue weighted by molar-refractivity contribution is 9.10. The van der Waals surface area contributed by atoms with Crippen molar-refractivity contribution in [2.24, 2.45) is 0 Å². The number of amides is 1. The Labute approximate surface area is 139 Å². The van der Waals surface area contributed by atoms with Crippen LogP contribution in [0, 0.1) is 0 Å². The molecule has 114 valence electrons. The molecule has 2 atom stereocenters. The summed E-state index contributed by atoms with van der Waals surface area (Å²) in [6.07, 6.45) is 5.81. The molecule has 2 saturated heterocycles. The summed E-state index contributed by atoms with van der Waals surface area (Å²) in [7, 11) is 0. The zero-order chi connectivity index (χ0) is 14.8. The minimum absolute atomic E-state index is 0.122. The fourth-order valence-corrected chi connectivity index (χ4v) is 4.34. The first-order chi connectivity index (χ1) is 10.2. The molecule has 21 heavy (non-hydrogen) atoms. The molecule has 3 rings (SSSR count). The Hall–Kier alpha value is -0.580. The molecule has 2 unspecified atom stereocenters. The summed E-state index contributed by atoms with van der Waals surface area (Å²) in [5, 5.41) is 4.20. The third-order valence-corrected chi connectivity index (χ3v) is 5.43. The van der Waals surface area contributed by atoms with E-state index in [0.29, 0.717) is 22.7 Å². The monoisotopic (exact) mass is 370 g/mol. The van der Waals surface area contributed by atoms with Crippen LogP contribution in [0.1, 0.15) is 42.5 Å². The Morgan fingerprint density at radius 2 is 2.14 bits per heavy atom. The summed E-state index contributed by atoms with van der Waals surface area (Å²) in [6.45, 7) is 1.94. The molecule has 5 heteroatoms. The smallest absolute Gasteiger partial charge is 0.255 e. The van der Waals surface area contributed by atoms with E-state index in [2.05, 4.69) is 26.1 Å². The minimum Gasteiger partial charge on any atom is -0.334 e. The number of nitrogens with zero attached hydrogens (tertiary/aromatic N) is 1. The number of halogens is 2. The SMILES string of the molecule is O=C(c1ccc(Cl)cc1Br)N1CCCCC1C1CCCN1. The lowest BCUT2D eigenvalue weighted by Crippen LogP contribution is -2.52. The molecule has 0 radical (unpaired) electrons. The molecule has 1 aromatic carbocycles. The molecule has 2 heterocycles. The second kappa shape index (κ2) is 6.67. The van der Waals surface area contributed by atoms with Gasteiger partial charge in [-0.2, -0.15) is 0 Å². The lowest BCUT2D eigenvalue weighted by molar-refractivity contribution is 0.0562. The van der Waals surface area contributed by atoms with E-state index in [1.807, 2.05) is 6.07 Å². The molecule has 1 N–H and O–H groups in total. The molecule has 2 aliphatic heterocycles. The topological polar surface area (TPSA) is 32.3 Å². The number of rotatable bonds is 2. The maximum Gasteiger partial charge on any atom is 0.255 e. The van der Waals surface area contributed by atoms with Gasteiger partial charge in [-0.3, -0.25) is 4.79 Å². The zero-order valence-corrected chi connectivity index (χ0v) is 14.3. The van der Waals surface area contributed by atoms with Gasteiger partial charge in [0.2, 0.25) is 0 Å². The second-order valence-corrected chi connectivity index (χ2v) is 7.18. The van der Waals surface area contributed by atoms with Crippen LogP contribution >= 0.6 is 27.5 Å². The van der Waals surface area contributed by atoms with Gasteiger partial charge in [-0.15, -0.1) is 0 Å². The van der Waals surface area contributed by atoms with Crippen LogP contribution in [0.4, 0.5) is 0 Å². The largest absolute Gasteiger partial charge is 0.334 e. The number of nitrogens with one attached hydrogen (secondary N) is 1. The van der Waals surface area contributed by atoms with Gasteiger partial charge in [-0.05, 0) is 72.8 Å². The molecule has 0 spiro atoms. The highest BCUT2D eigenvalue weighted by Crippen LogP contribution is 2.29. The van der Waals surface area contributed by atoms with Crippen molar-refractivity contribution >= 4 is 33.4 Å². The molecule has 1 aromatic rings. The van der Waals surface area contributed by atoms with Crippen molar-refractivity contribution in [2.75, 3.05) is 13.1 Å². The Morgan fingerprint density at radius 3 is 2.86 bits per heavy atom. The summed E-state index contributed by atoms with van der Waals surface area (Å²) < 4.78 is 0.781. The van der Waals surface area contributed by atoms with E-state index >= 15 is 0 Å². The van der Waals surface area contributed by atoms with E-state index in [-0.39, 0.29) is 5.91 Å². The number of carbonyl (C=O) groups excluding carboxylic acids is 1. The van der Waals surface area contributed by atoms with Gasteiger partial charge < -0.3 is 10.2 Å². The number of benzene rings is 1. The van der Waals surface area contributed by atoms with Gasteiger partial charge in [0.1, 0.15) is 0 Å². The van der Waals surface area contributed by atoms with Crippen molar-refractivity contribution in [1.29, 1.82) is 0 Å². The third kappa shape index (κ3) is 3.27. The molecule has 0 bridgehead atoms. The van der Waals surface area contributed by atoms with Crippen LogP contribution in [0.15, 0.2) is 22.7 Å². The van der Waals surface area contributed by atoms with Crippen LogP contribution in [0.5, 0.6) is 0 Å². The fraction of sp³-hybridized carbons (Fsp3) is 0.562. The Balaban J connectivity index is 1.83. The molecule has 3 nitrogen and oxygen atoms in total.